The molecule has 0 bridgehead atoms. The van der Waals surface area contributed by atoms with Crippen LogP contribution >= 0.6 is 0 Å². The maximum Gasteiger partial charge on any atom is 0.165 e. The Hall–Kier alpha value is -2.49. The minimum absolute atomic E-state index is 0.284. The van der Waals surface area contributed by atoms with Crippen LogP contribution < -0.4 is 5.32 Å². The number of anilines is 1. The van der Waals surface area contributed by atoms with Crippen molar-refractivity contribution in [1.82, 2.24) is 9.97 Å². The van der Waals surface area contributed by atoms with Crippen LogP contribution in [0.2, 0.25) is 0 Å². The van der Waals surface area contributed by atoms with Gasteiger partial charge < -0.3 is 5.32 Å². The van der Waals surface area contributed by atoms with E-state index in [2.05, 4.69) is 29.1 Å². The Balaban J connectivity index is 2.18. The first kappa shape index (κ1) is 14.4. The Morgan fingerprint density at radius 2 is 1.77 bits per heavy atom. The van der Waals surface area contributed by atoms with Crippen LogP contribution in [0.3, 0.4) is 0 Å². The minimum atomic E-state index is -0.313. The van der Waals surface area contributed by atoms with Crippen molar-refractivity contribution < 1.29 is 4.39 Å². The molecular weight excluding hydrogens is 277 g/mol. The normalized spacial score (nSPS) is 12.3. The lowest BCUT2D eigenvalue weighted by Gasteiger charge is -2.15. The summed E-state index contributed by atoms with van der Waals surface area (Å²) in [7, 11) is 0. The molecule has 0 aliphatic rings. The van der Waals surface area contributed by atoms with Gasteiger partial charge in [0.15, 0.2) is 5.82 Å². The van der Waals surface area contributed by atoms with Gasteiger partial charge in [0, 0.05) is 11.4 Å². The van der Waals surface area contributed by atoms with Crippen molar-refractivity contribution >= 4 is 16.7 Å². The molecule has 3 rings (SSSR count). The smallest absolute Gasteiger partial charge is 0.165 e. The van der Waals surface area contributed by atoms with E-state index >= 15 is 0 Å². The minimum Gasteiger partial charge on any atom is -0.367 e. The number of fused-ring (bicyclic) bond motifs is 1. The molecule has 1 aromatic heterocycles. The number of aromatic nitrogens is 2. The number of benzene rings is 2. The summed E-state index contributed by atoms with van der Waals surface area (Å²) in [5, 5.41) is 4.34. The SMILES string of the molecule is CC[C@H](C)Nc1nc(-c2ccccc2F)nc2ccccc12. The van der Waals surface area contributed by atoms with Crippen molar-refractivity contribution in [2.24, 2.45) is 0 Å². The summed E-state index contributed by atoms with van der Waals surface area (Å²) >= 11 is 0. The molecule has 0 aliphatic heterocycles. The zero-order valence-corrected chi connectivity index (χ0v) is 12.7. The third-order valence-electron chi connectivity index (χ3n) is 3.71. The summed E-state index contributed by atoms with van der Waals surface area (Å²) in [6, 6.07) is 14.6. The monoisotopic (exact) mass is 295 g/mol. The predicted molar refractivity (Wildman–Crippen MR) is 88.3 cm³/mol. The molecule has 0 amide bonds. The molecule has 0 aliphatic carbocycles. The van der Waals surface area contributed by atoms with E-state index in [0.717, 1.165) is 23.1 Å². The zero-order chi connectivity index (χ0) is 15.5. The van der Waals surface area contributed by atoms with E-state index < -0.39 is 0 Å². The zero-order valence-electron chi connectivity index (χ0n) is 12.7. The lowest BCUT2D eigenvalue weighted by atomic mass is 10.1. The average Bonchev–Trinajstić information content (AvgIpc) is 2.55. The van der Waals surface area contributed by atoms with E-state index in [-0.39, 0.29) is 11.9 Å². The van der Waals surface area contributed by atoms with Crippen LogP contribution in [-0.2, 0) is 0 Å². The maximum atomic E-state index is 14.0. The van der Waals surface area contributed by atoms with Gasteiger partial charge in [-0.3, -0.25) is 0 Å². The van der Waals surface area contributed by atoms with E-state index in [1.807, 2.05) is 24.3 Å². The first-order valence-corrected chi connectivity index (χ1v) is 7.47. The maximum absolute atomic E-state index is 14.0. The fourth-order valence-corrected chi connectivity index (χ4v) is 2.29. The standard InChI is InChI=1S/C18H18FN3/c1-3-12(2)20-18-14-9-5-7-11-16(14)21-17(22-18)13-8-4-6-10-15(13)19/h4-12H,3H2,1-2H3,(H,20,21,22)/t12-/m0/s1. The number of nitrogens with zero attached hydrogens (tertiary/aromatic N) is 2. The second-order valence-corrected chi connectivity index (χ2v) is 5.35. The van der Waals surface area contributed by atoms with Gasteiger partial charge in [0.25, 0.3) is 0 Å². The summed E-state index contributed by atoms with van der Waals surface area (Å²) in [4.78, 5) is 9.07. The molecule has 0 saturated heterocycles. The number of rotatable bonds is 4. The number of hydrogen-bond donors (Lipinski definition) is 1. The van der Waals surface area contributed by atoms with Crippen LogP contribution in [0.4, 0.5) is 10.2 Å². The summed E-state index contributed by atoms with van der Waals surface area (Å²) < 4.78 is 14.0. The Morgan fingerprint density at radius 3 is 2.55 bits per heavy atom. The highest BCUT2D eigenvalue weighted by Crippen LogP contribution is 2.26. The van der Waals surface area contributed by atoms with Crippen LogP contribution in [-0.4, -0.2) is 16.0 Å². The van der Waals surface area contributed by atoms with Crippen molar-refractivity contribution in [3.8, 4) is 11.4 Å². The van der Waals surface area contributed by atoms with Crippen LogP contribution in [0.15, 0.2) is 48.5 Å². The molecule has 0 fully saturated rings. The highest BCUT2D eigenvalue weighted by atomic mass is 19.1. The highest BCUT2D eigenvalue weighted by molar-refractivity contribution is 5.90. The van der Waals surface area contributed by atoms with E-state index in [1.54, 1.807) is 18.2 Å². The van der Waals surface area contributed by atoms with Gasteiger partial charge in [0.05, 0.1) is 11.1 Å². The summed E-state index contributed by atoms with van der Waals surface area (Å²) in [5.74, 6) is 0.841. The number of nitrogens with one attached hydrogen (secondary N) is 1. The molecular formula is C18H18FN3. The molecule has 22 heavy (non-hydrogen) atoms. The third-order valence-corrected chi connectivity index (χ3v) is 3.71. The van der Waals surface area contributed by atoms with Crippen molar-refractivity contribution in [2.75, 3.05) is 5.32 Å². The molecule has 3 aromatic rings. The lowest BCUT2D eigenvalue weighted by Crippen LogP contribution is -2.15. The van der Waals surface area contributed by atoms with Crippen LogP contribution in [0.1, 0.15) is 20.3 Å². The van der Waals surface area contributed by atoms with Crippen molar-refractivity contribution in [3.63, 3.8) is 0 Å². The number of para-hydroxylation sites is 1. The largest absolute Gasteiger partial charge is 0.367 e. The molecule has 4 heteroatoms. The second kappa shape index (κ2) is 6.10. The lowest BCUT2D eigenvalue weighted by molar-refractivity contribution is 0.630. The fourth-order valence-electron chi connectivity index (χ4n) is 2.29. The molecule has 0 radical (unpaired) electrons. The highest BCUT2D eigenvalue weighted by Gasteiger charge is 2.13. The molecule has 1 heterocycles. The van der Waals surface area contributed by atoms with Gasteiger partial charge in [0.1, 0.15) is 11.6 Å². The van der Waals surface area contributed by atoms with Gasteiger partial charge >= 0.3 is 0 Å². The average molecular weight is 295 g/mol. The van der Waals surface area contributed by atoms with Crippen molar-refractivity contribution in [1.29, 1.82) is 0 Å². The molecule has 3 nitrogen and oxygen atoms in total. The predicted octanol–water partition coefficient (Wildman–Crippen LogP) is 4.65. The number of hydrogen-bond acceptors (Lipinski definition) is 3. The van der Waals surface area contributed by atoms with Gasteiger partial charge in [-0.15, -0.1) is 0 Å². The third kappa shape index (κ3) is 2.77. The van der Waals surface area contributed by atoms with Crippen LogP contribution in [0.25, 0.3) is 22.3 Å². The summed E-state index contributed by atoms with van der Waals surface area (Å²) in [5.41, 5.74) is 1.22. The summed E-state index contributed by atoms with van der Waals surface area (Å²) in [6.45, 7) is 4.21. The van der Waals surface area contributed by atoms with Gasteiger partial charge in [-0.25, -0.2) is 14.4 Å². The first-order chi connectivity index (χ1) is 10.7. The van der Waals surface area contributed by atoms with Gasteiger partial charge in [-0.2, -0.15) is 0 Å². The molecule has 112 valence electrons. The van der Waals surface area contributed by atoms with E-state index in [9.17, 15) is 4.39 Å². The van der Waals surface area contributed by atoms with Crippen molar-refractivity contribution in [3.05, 3.63) is 54.3 Å². The molecule has 2 aromatic carbocycles. The molecule has 0 unspecified atom stereocenters. The Bertz CT molecular complexity index is 801. The van der Waals surface area contributed by atoms with Gasteiger partial charge in [-0.05, 0) is 37.6 Å². The quantitative estimate of drug-likeness (QED) is 0.761. The molecule has 1 atom stereocenters. The van der Waals surface area contributed by atoms with Crippen molar-refractivity contribution in [2.45, 2.75) is 26.3 Å². The first-order valence-electron chi connectivity index (χ1n) is 7.47. The Morgan fingerprint density at radius 1 is 1.05 bits per heavy atom. The Kier molecular flexibility index (Phi) is 4.00. The van der Waals surface area contributed by atoms with E-state index in [4.69, 9.17) is 0 Å². The fraction of sp³-hybridized carbons (Fsp3) is 0.222. The molecule has 0 saturated carbocycles. The van der Waals surface area contributed by atoms with E-state index in [0.29, 0.717) is 11.4 Å². The van der Waals surface area contributed by atoms with Crippen LogP contribution in [0.5, 0.6) is 0 Å². The van der Waals surface area contributed by atoms with Gasteiger partial charge in [-0.1, -0.05) is 31.2 Å². The van der Waals surface area contributed by atoms with E-state index in [1.165, 1.54) is 6.07 Å². The summed E-state index contributed by atoms with van der Waals surface area (Å²) in [6.07, 6.45) is 0.980. The van der Waals surface area contributed by atoms with Gasteiger partial charge in [0.2, 0.25) is 0 Å². The molecule has 0 spiro atoms. The second-order valence-electron chi connectivity index (χ2n) is 5.35. The van der Waals surface area contributed by atoms with Crippen LogP contribution in [0, 0.1) is 5.82 Å². The molecule has 1 N–H and O–H groups in total. The Labute approximate surface area is 129 Å². The topological polar surface area (TPSA) is 37.8 Å². The number of halogens is 1.